The third kappa shape index (κ3) is 3.61. The Morgan fingerprint density at radius 3 is 2.23 bits per heavy atom. The van der Waals surface area contributed by atoms with Crippen LogP contribution in [-0.4, -0.2) is 13.1 Å². The van der Waals surface area contributed by atoms with Crippen molar-refractivity contribution in [3.05, 3.63) is 23.7 Å². The normalized spacial score (nSPS) is 10.6. The first-order valence-electron chi connectivity index (χ1n) is 4.84. The van der Waals surface area contributed by atoms with E-state index in [9.17, 15) is 0 Å². The largest absolute Gasteiger partial charge is 0.466 e. The number of hydrogen-bond donors (Lipinski definition) is 2. The molecule has 0 amide bonds. The van der Waals surface area contributed by atoms with Crippen molar-refractivity contribution in [1.82, 2.24) is 0 Å². The van der Waals surface area contributed by atoms with Gasteiger partial charge in [-0.05, 0) is 38.1 Å². The van der Waals surface area contributed by atoms with Gasteiger partial charge in [-0.15, -0.1) is 0 Å². The first-order chi connectivity index (χ1) is 6.36. The highest BCUT2D eigenvalue weighted by Crippen LogP contribution is 2.10. The molecule has 3 heteroatoms. The number of unbranched alkanes of at least 4 members (excludes halogenated alkanes) is 1. The second-order valence-corrected chi connectivity index (χ2v) is 3.15. The van der Waals surface area contributed by atoms with Crippen molar-refractivity contribution in [2.45, 2.75) is 25.7 Å². The first kappa shape index (κ1) is 10.3. The summed E-state index contributed by atoms with van der Waals surface area (Å²) in [6.07, 6.45) is 3.98. The second kappa shape index (κ2) is 5.78. The third-order valence-electron chi connectivity index (χ3n) is 1.99. The van der Waals surface area contributed by atoms with Gasteiger partial charge in [0.1, 0.15) is 11.5 Å². The lowest BCUT2D eigenvalue weighted by molar-refractivity contribution is 0.459. The predicted octanol–water partition coefficient (Wildman–Crippen LogP) is 1.06. The van der Waals surface area contributed by atoms with Gasteiger partial charge in [0, 0.05) is 12.8 Å². The van der Waals surface area contributed by atoms with Crippen LogP contribution in [0, 0.1) is 0 Å². The molecule has 1 aromatic rings. The van der Waals surface area contributed by atoms with Crippen LogP contribution in [0.2, 0.25) is 0 Å². The lowest BCUT2D eigenvalue weighted by Gasteiger charge is -1.95. The van der Waals surface area contributed by atoms with Gasteiger partial charge in [-0.25, -0.2) is 0 Å². The topological polar surface area (TPSA) is 65.2 Å². The molecule has 0 aromatic carbocycles. The summed E-state index contributed by atoms with van der Waals surface area (Å²) in [5.74, 6) is 2.04. The van der Waals surface area contributed by atoms with Crippen LogP contribution in [0.25, 0.3) is 0 Å². The highest BCUT2D eigenvalue weighted by molar-refractivity contribution is 5.07. The molecule has 0 aliphatic heterocycles. The van der Waals surface area contributed by atoms with Crippen LogP contribution in [0.1, 0.15) is 24.4 Å². The molecule has 0 aliphatic rings. The summed E-state index contributed by atoms with van der Waals surface area (Å²) in [5.41, 5.74) is 10.8. The van der Waals surface area contributed by atoms with Crippen molar-refractivity contribution < 1.29 is 4.42 Å². The van der Waals surface area contributed by atoms with Gasteiger partial charge in [0.05, 0.1) is 0 Å². The monoisotopic (exact) mass is 182 g/mol. The average molecular weight is 182 g/mol. The molecule has 13 heavy (non-hydrogen) atoms. The molecule has 0 bridgehead atoms. The lowest BCUT2D eigenvalue weighted by Crippen LogP contribution is -2.01. The number of furan rings is 1. The fourth-order valence-electron chi connectivity index (χ4n) is 1.28. The molecular formula is C10H18N2O. The Bertz CT molecular complexity index is 233. The van der Waals surface area contributed by atoms with Crippen molar-refractivity contribution in [1.29, 1.82) is 0 Å². The molecule has 3 nitrogen and oxygen atoms in total. The molecule has 0 radical (unpaired) electrons. The molecule has 0 unspecified atom stereocenters. The molecule has 0 spiro atoms. The summed E-state index contributed by atoms with van der Waals surface area (Å²) in [7, 11) is 0. The summed E-state index contributed by atoms with van der Waals surface area (Å²) >= 11 is 0. The Morgan fingerprint density at radius 2 is 1.62 bits per heavy atom. The number of aryl methyl sites for hydroxylation is 1. The van der Waals surface area contributed by atoms with Crippen LogP contribution in [0.3, 0.4) is 0 Å². The van der Waals surface area contributed by atoms with Crippen molar-refractivity contribution >= 4 is 0 Å². The maximum atomic E-state index is 5.55. The molecule has 0 atom stereocenters. The van der Waals surface area contributed by atoms with E-state index < -0.39 is 0 Å². The van der Waals surface area contributed by atoms with Crippen LogP contribution in [-0.2, 0) is 12.8 Å². The minimum absolute atomic E-state index is 0.649. The van der Waals surface area contributed by atoms with Gasteiger partial charge in [-0.2, -0.15) is 0 Å². The zero-order valence-electron chi connectivity index (χ0n) is 7.96. The molecule has 1 heterocycles. The van der Waals surface area contributed by atoms with Crippen molar-refractivity contribution in [2.24, 2.45) is 11.5 Å². The Morgan fingerprint density at radius 1 is 0.923 bits per heavy atom. The number of nitrogens with two attached hydrogens (primary N) is 2. The molecule has 1 rings (SSSR count). The van der Waals surface area contributed by atoms with Gasteiger partial charge in [0.15, 0.2) is 0 Å². The molecule has 0 saturated carbocycles. The minimum atomic E-state index is 0.649. The highest BCUT2D eigenvalue weighted by Gasteiger charge is 2.00. The molecule has 0 aliphatic carbocycles. The van der Waals surface area contributed by atoms with E-state index in [0.717, 1.165) is 43.7 Å². The van der Waals surface area contributed by atoms with E-state index in [1.54, 1.807) is 0 Å². The van der Waals surface area contributed by atoms with E-state index in [-0.39, 0.29) is 0 Å². The third-order valence-corrected chi connectivity index (χ3v) is 1.99. The molecule has 1 aromatic heterocycles. The summed E-state index contributed by atoms with van der Waals surface area (Å²) in [6, 6.07) is 4.03. The minimum Gasteiger partial charge on any atom is -0.466 e. The van der Waals surface area contributed by atoms with Crippen LogP contribution in [0.15, 0.2) is 16.5 Å². The molecule has 0 fully saturated rings. The van der Waals surface area contributed by atoms with Crippen LogP contribution in [0.4, 0.5) is 0 Å². The van der Waals surface area contributed by atoms with Gasteiger partial charge in [-0.1, -0.05) is 0 Å². The summed E-state index contributed by atoms with van der Waals surface area (Å²) < 4.78 is 5.55. The van der Waals surface area contributed by atoms with Crippen LogP contribution < -0.4 is 11.5 Å². The molecule has 74 valence electrons. The summed E-state index contributed by atoms with van der Waals surface area (Å²) in [4.78, 5) is 0. The van der Waals surface area contributed by atoms with Crippen molar-refractivity contribution in [3.8, 4) is 0 Å². The number of hydrogen-bond acceptors (Lipinski definition) is 3. The van der Waals surface area contributed by atoms with Crippen molar-refractivity contribution in [3.63, 3.8) is 0 Å². The van der Waals surface area contributed by atoms with Crippen LogP contribution >= 0.6 is 0 Å². The summed E-state index contributed by atoms with van der Waals surface area (Å²) in [6.45, 7) is 1.41. The molecule has 0 saturated heterocycles. The molecular weight excluding hydrogens is 164 g/mol. The van der Waals surface area contributed by atoms with E-state index >= 15 is 0 Å². The standard InChI is InChI=1S/C10H18N2O/c11-7-2-1-3-9-4-5-10(13-9)6-8-12/h4-5H,1-3,6-8,11-12H2. The van der Waals surface area contributed by atoms with Gasteiger partial charge >= 0.3 is 0 Å². The van der Waals surface area contributed by atoms with Crippen molar-refractivity contribution in [2.75, 3.05) is 13.1 Å². The first-order valence-corrected chi connectivity index (χ1v) is 4.84. The van der Waals surface area contributed by atoms with Gasteiger partial charge in [0.2, 0.25) is 0 Å². The summed E-state index contributed by atoms with van der Waals surface area (Å²) in [5, 5.41) is 0. The van der Waals surface area contributed by atoms with E-state index in [2.05, 4.69) is 0 Å². The van der Waals surface area contributed by atoms with E-state index in [0.29, 0.717) is 6.54 Å². The smallest absolute Gasteiger partial charge is 0.105 e. The Labute approximate surface area is 79.1 Å². The Kier molecular flexibility index (Phi) is 4.57. The number of rotatable bonds is 6. The lowest BCUT2D eigenvalue weighted by atomic mass is 10.2. The highest BCUT2D eigenvalue weighted by atomic mass is 16.3. The zero-order valence-corrected chi connectivity index (χ0v) is 7.96. The van der Waals surface area contributed by atoms with Gasteiger partial charge in [-0.3, -0.25) is 0 Å². The SMILES string of the molecule is NCCCCc1ccc(CCN)o1. The Hall–Kier alpha value is -0.800. The fraction of sp³-hybridized carbons (Fsp3) is 0.600. The quantitative estimate of drug-likeness (QED) is 0.646. The molecule has 4 N–H and O–H groups in total. The maximum absolute atomic E-state index is 5.55. The zero-order chi connectivity index (χ0) is 9.52. The van der Waals surface area contributed by atoms with E-state index in [1.807, 2.05) is 12.1 Å². The Balaban J connectivity index is 2.31. The van der Waals surface area contributed by atoms with E-state index in [1.165, 1.54) is 0 Å². The fourth-order valence-corrected chi connectivity index (χ4v) is 1.28. The van der Waals surface area contributed by atoms with Crippen LogP contribution in [0.5, 0.6) is 0 Å². The van der Waals surface area contributed by atoms with E-state index in [4.69, 9.17) is 15.9 Å². The second-order valence-electron chi connectivity index (χ2n) is 3.15. The maximum Gasteiger partial charge on any atom is 0.105 e. The predicted molar refractivity (Wildman–Crippen MR) is 53.5 cm³/mol. The van der Waals surface area contributed by atoms with Gasteiger partial charge < -0.3 is 15.9 Å². The van der Waals surface area contributed by atoms with Gasteiger partial charge in [0.25, 0.3) is 0 Å². The average Bonchev–Trinajstić information content (AvgIpc) is 2.54.